The average molecular weight is 231 g/mol. The van der Waals surface area contributed by atoms with Crippen molar-refractivity contribution >= 4 is 11.7 Å². The number of carbonyl (C=O) groups is 1. The van der Waals surface area contributed by atoms with Gasteiger partial charge in [0.15, 0.2) is 12.2 Å². The molecular formula is C7H11ClN6O. The van der Waals surface area contributed by atoms with Crippen LogP contribution in [0.15, 0.2) is 11.6 Å². The zero-order valence-corrected chi connectivity index (χ0v) is 8.90. The number of halogens is 1. The van der Waals surface area contributed by atoms with Crippen molar-refractivity contribution in [2.24, 2.45) is 11.0 Å². The number of carbonyl (C=O) groups excluding carboxylic acids is 1. The molecule has 1 aromatic rings. The number of likely N-dealkylation sites (N-methyl/N-ethyl adjacent to an activating group) is 1. The molecule has 15 heavy (non-hydrogen) atoms. The molecule has 0 unspecified atom stereocenters. The van der Waals surface area contributed by atoms with Crippen LogP contribution in [0.4, 0.5) is 5.82 Å². The predicted molar refractivity (Wildman–Crippen MR) is 47.9 cm³/mol. The summed E-state index contributed by atoms with van der Waals surface area (Å²) < 4.78 is 1.78. The van der Waals surface area contributed by atoms with Gasteiger partial charge in [0.25, 0.3) is 11.7 Å². The van der Waals surface area contributed by atoms with E-state index in [0.717, 1.165) is 6.54 Å². The molecule has 0 spiro atoms. The van der Waals surface area contributed by atoms with Crippen molar-refractivity contribution in [3.05, 3.63) is 12.0 Å². The largest absolute Gasteiger partial charge is 1.00 e. The van der Waals surface area contributed by atoms with Gasteiger partial charge >= 0.3 is 0 Å². The lowest BCUT2D eigenvalue weighted by molar-refractivity contribution is -0.550. The summed E-state index contributed by atoms with van der Waals surface area (Å²) in [4.78, 5) is 17.7. The van der Waals surface area contributed by atoms with E-state index >= 15 is 0 Å². The first-order chi connectivity index (χ1) is 6.68. The van der Waals surface area contributed by atoms with Gasteiger partial charge in [0.2, 0.25) is 0 Å². The molecule has 0 atom stereocenters. The first-order valence-electron chi connectivity index (χ1n) is 4.22. The summed E-state index contributed by atoms with van der Waals surface area (Å²) in [6.45, 7) is 1.52. The van der Waals surface area contributed by atoms with E-state index in [1.54, 1.807) is 9.71 Å². The smallest absolute Gasteiger partial charge is 0.272 e. The average Bonchev–Trinajstić information content (AvgIpc) is 2.70. The van der Waals surface area contributed by atoms with Crippen LogP contribution >= 0.6 is 0 Å². The van der Waals surface area contributed by atoms with Gasteiger partial charge in [-0.25, -0.2) is 0 Å². The van der Waals surface area contributed by atoms with Crippen LogP contribution in [-0.2, 0) is 0 Å². The number of imidazole rings is 1. The molecule has 0 radical (unpaired) electrons. The Labute approximate surface area is 92.4 Å². The number of anilines is 1. The molecular weight excluding hydrogens is 220 g/mol. The number of primary amides is 1. The predicted octanol–water partition coefficient (Wildman–Crippen LogP) is -3.66. The van der Waals surface area contributed by atoms with Crippen LogP contribution in [0.2, 0.25) is 0 Å². The maximum Gasteiger partial charge on any atom is 0.272 e. The van der Waals surface area contributed by atoms with Crippen molar-refractivity contribution in [3.8, 4) is 0 Å². The lowest BCUT2D eigenvalue weighted by Gasteiger charge is -1.99. The van der Waals surface area contributed by atoms with Crippen LogP contribution in [0.3, 0.4) is 0 Å². The fourth-order valence-electron chi connectivity index (χ4n) is 1.33. The van der Waals surface area contributed by atoms with E-state index in [0.29, 0.717) is 18.1 Å². The standard InChI is InChI=1S/C7H10N6O.ClH/c1-12-2-3-13(11-12)7-5(6(8)14)9-4-10-7;/h4H,2-3H2,1H3,(H2-,8,9,10,11,14);1H. The molecule has 2 heterocycles. The second kappa shape index (κ2) is 4.26. The zero-order valence-electron chi connectivity index (χ0n) is 8.14. The van der Waals surface area contributed by atoms with E-state index in [-0.39, 0.29) is 12.4 Å². The van der Waals surface area contributed by atoms with Gasteiger partial charge in [0, 0.05) is 0 Å². The Morgan fingerprint density at radius 1 is 1.73 bits per heavy atom. The number of rotatable bonds is 2. The molecule has 0 aromatic carbocycles. The Balaban J connectivity index is 0.00000112. The third-order valence-corrected chi connectivity index (χ3v) is 2.01. The highest BCUT2D eigenvalue weighted by molar-refractivity contribution is 5.95. The number of hydrogen-bond acceptors (Lipinski definition) is 4. The molecule has 0 bridgehead atoms. The number of aromatic amines is 1. The number of amides is 1. The monoisotopic (exact) mass is 230 g/mol. The molecule has 82 valence electrons. The summed E-state index contributed by atoms with van der Waals surface area (Å²) >= 11 is 0. The SMILES string of the molecule is C[N+]1=NN(c2nc[nH]c2C(N)=O)CC1.[Cl-]. The number of nitrogens with two attached hydrogens (primary N) is 1. The van der Waals surface area contributed by atoms with Gasteiger partial charge in [-0.05, 0) is 0 Å². The number of nitrogens with one attached hydrogen (secondary N) is 1. The fraction of sp³-hybridized carbons (Fsp3) is 0.429. The molecule has 1 aliphatic rings. The van der Waals surface area contributed by atoms with Gasteiger partial charge in [-0.2, -0.15) is 9.68 Å². The van der Waals surface area contributed by atoms with Gasteiger partial charge in [0.1, 0.15) is 6.54 Å². The maximum atomic E-state index is 11.0. The first kappa shape index (κ1) is 11.4. The number of aromatic nitrogens is 2. The summed E-state index contributed by atoms with van der Waals surface area (Å²) in [5.74, 6) is -0.0379. The molecule has 3 N–H and O–H groups in total. The molecule has 2 rings (SSSR count). The van der Waals surface area contributed by atoms with E-state index in [4.69, 9.17) is 5.73 Å². The number of hydrogen-bond donors (Lipinski definition) is 2. The van der Waals surface area contributed by atoms with Gasteiger partial charge in [-0.1, -0.05) is 0 Å². The first-order valence-corrected chi connectivity index (χ1v) is 4.22. The molecule has 1 aliphatic heterocycles. The van der Waals surface area contributed by atoms with E-state index in [1.807, 2.05) is 7.05 Å². The molecule has 0 fully saturated rings. The van der Waals surface area contributed by atoms with Crippen LogP contribution in [0.1, 0.15) is 10.5 Å². The van der Waals surface area contributed by atoms with Gasteiger partial charge < -0.3 is 23.1 Å². The lowest BCUT2D eigenvalue weighted by atomic mass is 10.4. The summed E-state index contributed by atoms with van der Waals surface area (Å²) in [5, 5.41) is 5.80. The second-order valence-electron chi connectivity index (χ2n) is 3.06. The highest BCUT2D eigenvalue weighted by Crippen LogP contribution is 2.17. The Morgan fingerprint density at radius 2 is 2.47 bits per heavy atom. The van der Waals surface area contributed by atoms with Crippen molar-refractivity contribution < 1.29 is 21.9 Å². The molecule has 1 amide bonds. The quantitative estimate of drug-likeness (QED) is 0.513. The van der Waals surface area contributed by atoms with Gasteiger partial charge in [0.05, 0.1) is 18.6 Å². The van der Waals surface area contributed by atoms with Gasteiger partial charge in [-0.3, -0.25) is 4.79 Å². The highest BCUT2D eigenvalue weighted by atomic mass is 35.5. The molecule has 8 heteroatoms. The number of nitrogens with zero attached hydrogens (tertiary/aromatic N) is 4. The van der Waals surface area contributed by atoms with E-state index < -0.39 is 5.91 Å². The molecule has 0 saturated heterocycles. The third-order valence-electron chi connectivity index (χ3n) is 2.01. The van der Waals surface area contributed by atoms with Gasteiger partial charge in [-0.15, -0.1) is 5.01 Å². The van der Waals surface area contributed by atoms with Crippen molar-refractivity contribution in [3.63, 3.8) is 0 Å². The van der Waals surface area contributed by atoms with E-state index in [2.05, 4.69) is 15.2 Å². The zero-order chi connectivity index (χ0) is 10.1. The van der Waals surface area contributed by atoms with Crippen LogP contribution in [0, 0.1) is 0 Å². The molecule has 0 aliphatic carbocycles. The topological polar surface area (TPSA) is 90.4 Å². The normalized spacial score (nSPS) is 14.7. The number of H-pyrrole nitrogens is 1. The fourth-order valence-corrected chi connectivity index (χ4v) is 1.33. The van der Waals surface area contributed by atoms with E-state index in [9.17, 15) is 4.79 Å². The minimum Gasteiger partial charge on any atom is -1.00 e. The van der Waals surface area contributed by atoms with Crippen molar-refractivity contribution in [1.29, 1.82) is 0 Å². The summed E-state index contributed by atoms with van der Waals surface area (Å²) in [6, 6.07) is 0. The Kier molecular flexibility index (Phi) is 3.25. The minimum atomic E-state index is -0.526. The Bertz CT molecular complexity index is 400. The minimum absolute atomic E-state index is 0. The summed E-state index contributed by atoms with van der Waals surface area (Å²) in [5.41, 5.74) is 5.46. The maximum absolute atomic E-state index is 11.0. The molecule has 1 aromatic heterocycles. The van der Waals surface area contributed by atoms with Crippen molar-refractivity contribution in [2.45, 2.75) is 0 Å². The Morgan fingerprint density at radius 3 is 3.00 bits per heavy atom. The van der Waals surface area contributed by atoms with Crippen molar-refractivity contribution in [2.75, 3.05) is 25.1 Å². The van der Waals surface area contributed by atoms with Crippen LogP contribution < -0.4 is 23.1 Å². The molecule has 7 nitrogen and oxygen atoms in total. The summed E-state index contributed by atoms with van der Waals surface area (Å²) in [6.07, 6.45) is 1.43. The highest BCUT2D eigenvalue weighted by Gasteiger charge is 2.28. The van der Waals surface area contributed by atoms with E-state index in [1.165, 1.54) is 6.33 Å². The van der Waals surface area contributed by atoms with Crippen LogP contribution in [-0.4, -0.2) is 40.7 Å². The second-order valence-corrected chi connectivity index (χ2v) is 3.06. The lowest BCUT2D eigenvalue weighted by Crippen LogP contribution is -3.00. The molecule has 0 saturated carbocycles. The third kappa shape index (κ3) is 2.07. The van der Waals surface area contributed by atoms with Crippen LogP contribution in [0.5, 0.6) is 0 Å². The summed E-state index contributed by atoms with van der Waals surface area (Å²) in [7, 11) is 1.86. The Hall–Kier alpha value is -1.63. The van der Waals surface area contributed by atoms with Crippen LogP contribution in [0.25, 0.3) is 0 Å². The van der Waals surface area contributed by atoms with Crippen molar-refractivity contribution in [1.82, 2.24) is 9.97 Å².